The number of carbonyl (C=O) groups excluding carboxylic acids is 1. The summed E-state index contributed by atoms with van der Waals surface area (Å²) in [5.41, 5.74) is 0.944. The Kier molecular flexibility index (Phi) is 4.02. The van der Waals surface area contributed by atoms with E-state index in [9.17, 15) is 4.79 Å². The molecule has 2 unspecified atom stereocenters. The van der Waals surface area contributed by atoms with Crippen LogP contribution in [0.5, 0.6) is 0 Å². The molecule has 1 amide bonds. The highest BCUT2D eigenvalue weighted by molar-refractivity contribution is 7.11. The Balaban J connectivity index is 2.73. The molecular weight excluding hydrogens is 222 g/mol. The molecule has 86 valence electrons. The van der Waals surface area contributed by atoms with Crippen LogP contribution in [0.2, 0.25) is 0 Å². The van der Waals surface area contributed by atoms with Crippen molar-refractivity contribution in [1.82, 2.24) is 10.3 Å². The average molecular weight is 237 g/mol. The molecule has 0 aliphatic heterocycles. The lowest BCUT2D eigenvalue weighted by Gasteiger charge is -2.13. The van der Waals surface area contributed by atoms with Gasteiger partial charge in [-0.15, -0.1) is 11.3 Å². The molecule has 0 fully saturated rings. The summed E-state index contributed by atoms with van der Waals surface area (Å²) in [5, 5.41) is 12.4. The third-order valence-corrected chi connectivity index (χ3v) is 3.53. The van der Waals surface area contributed by atoms with E-state index < -0.39 is 5.92 Å². The molecule has 0 radical (unpaired) electrons. The molecule has 0 saturated heterocycles. The minimum atomic E-state index is -0.614. The van der Waals surface area contributed by atoms with Crippen molar-refractivity contribution >= 4 is 17.2 Å². The van der Waals surface area contributed by atoms with Crippen LogP contribution in [0.1, 0.15) is 35.5 Å². The van der Waals surface area contributed by atoms with E-state index >= 15 is 0 Å². The Labute approximate surface area is 99.3 Å². The fourth-order valence-corrected chi connectivity index (χ4v) is 2.34. The number of nitrogens with one attached hydrogen (secondary N) is 1. The van der Waals surface area contributed by atoms with Crippen LogP contribution in [-0.4, -0.2) is 10.9 Å². The number of aryl methyl sites for hydroxylation is 2. The molecule has 1 aromatic rings. The van der Waals surface area contributed by atoms with Crippen LogP contribution in [0.4, 0.5) is 0 Å². The third-order valence-electron chi connectivity index (χ3n) is 2.28. The molecule has 1 rings (SSSR count). The molecule has 1 heterocycles. The van der Waals surface area contributed by atoms with Crippen molar-refractivity contribution in [2.75, 3.05) is 0 Å². The summed E-state index contributed by atoms with van der Waals surface area (Å²) in [6.07, 6.45) is 0. The molecule has 0 saturated carbocycles. The largest absolute Gasteiger partial charge is 0.348 e. The van der Waals surface area contributed by atoms with Gasteiger partial charge in [-0.1, -0.05) is 0 Å². The minimum Gasteiger partial charge on any atom is -0.348 e. The normalized spacial score (nSPS) is 13.9. The molecule has 4 nitrogen and oxygen atoms in total. The fourth-order valence-electron chi connectivity index (χ4n) is 1.41. The van der Waals surface area contributed by atoms with Crippen molar-refractivity contribution in [2.24, 2.45) is 5.92 Å². The molecule has 0 bridgehead atoms. The van der Waals surface area contributed by atoms with Crippen LogP contribution in [0.3, 0.4) is 0 Å². The van der Waals surface area contributed by atoms with Crippen LogP contribution in [0, 0.1) is 31.1 Å². The van der Waals surface area contributed by atoms with Gasteiger partial charge in [0, 0.05) is 4.88 Å². The lowest BCUT2D eigenvalue weighted by atomic mass is 10.1. The first-order valence-electron chi connectivity index (χ1n) is 5.09. The second kappa shape index (κ2) is 5.08. The molecule has 2 atom stereocenters. The highest BCUT2D eigenvalue weighted by Gasteiger charge is 2.18. The van der Waals surface area contributed by atoms with Crippen molar-refractivity contribution < 1.29 is 4.79 Å². The molecule has 0 aromatic carbocycles. The summed E-state index contributed by atoms with van der Waals surface area (Å²) in [7, 11) is 0. The molecule has 16 heavy (non-hydrogen) atoms. The number of hydrogen-bond donors (Lipinski definition) is 1. The van der Waals surface area contributed by atoms with Crippen LogP contribution in [0.15, 0.2) is 0 Å². The maximum absolute atomic E-state index is 11.5. The summed E-state index contributed by atoms with van der Waals surface area (Å²) in [6.45, 7) is 7.36. The zero-order valence-electron chi connectivity index (χ0n) is 9.87. The Morgan fingerprint density at radius 2 is 2.12 bits per heavy atom. The molecule has 0 aliphatic rings. The Hall–Kier alpha value is -1.41. The van der Waals surface area contributed by atoms with E-state index in [1.165, 1.54) is 0 Å². The number of aromatic nitrogens is 1. The van der Waals surface area contributed by atoms with Gasteiger partial charge in [-0.25, -0.2) is 4.98 Å². The van der Waals surface area contributed by atoms with E-state index in [4.69, 9.17) is 5.26 Å². The first kappa shape index (κ1) is 12.7. The number of hydrogen-bond acceptors (Lipinski definition) is 4. The van der Waals surface area contributed by atoms with Crippen LogP contribution < -0.4 is 5.32 Å². The van der Waals surface area contributed by atoms with Crippen LogP contribution >= 0.6 is 11.3 Å². The summed E-state index contributed by atoms with van der Waals surface area (Å²) in [6, 6.07) is 1.83. The number of amides is 1. The predicted octanol–water partition coefficient (Wildman–Crippen LogP) is 2.10. The Morgan fingerprint density at radius 3 is 2.56 bits per heavy atom. The van der Waals surface area contributed by atoms with Gasteiger partial charge in [0.05, 0.1) is 22.8 Å². The predicted molar refractivity (Wildman–Crippen MR) is 62.9 cm³/mol. The van der Waals surface area contributed by atoms with E-state index in [-0.39, 0.29) is 11.9 Å². The average Bonchev–Trinajstić information content (AvgIpc) is 2.56. The van der Waals surface area contributed by atoms with Gasteiger partial charge in [-0.2, -0.15) is 5.26 Å². The lowest BCUT2D eigenvalue weighted by Crippen LogP contribution is -2.30. The van der Waals surface area contributed by atoms with Crippen molar-refractivity contribution in [3.05, 3.63) is 15.6 Å². The maximum atomic E-state index is 11.5. The van der Waals surface area contributed by atoms with Crippen LogP contribution in [-0.2, 0) is 4.79 Å². The minimum absolute atomic E-state index is 0.0884. The molecule has 1 aromatic heterocycles. The zero-order valence-corrected chi connectivity index (χ0v) is 10.7. The molecule has 0 spiro atoms. The standard InChI is InChI=1S/C11H15N3OS/c1-6(5-12)11(15)14-8(3)10-7(2)13-9(4)16-10/h6,8H,1-4H3,(H,14,15). The zero-order chi connectivity index (χ0) is 12.3. The lowest BCUT2D eigenvalue weighted by molar-refractivity contribution is -0.123. The van der Waals surface area contributed by atoms with E-state index in [1.54, 1.807) is 18.3 Å². The van der Waals surface area contributed by atoms with Gasteiger partial charge in [-0.05, 0) is 27.7 Å². The van der Waals surface area contributed by atoms with Gasteiger partial charge < -0.3 is 5.32 Å². The number of nitriles is 1. The second-order valence-corrected chi connectivity index (χ2v) is 5.00. The van der Waals surface area contributed by atoms with Gasteiger partial charge in [0.2, 0.25) is 5.91 Å². The summed E-state index contributed by atoms with van der Waals surface area (Å²) >= 11 is 1.58. The number of thiazole rings is 1. The van der Waals surface area contributed by atoms with Crippen molar-refractivity contribution in [3.63, 3.8) is 0 Å². The van der Waals surface area contributed by atoms with E-state index in [0.29, 0.717) is 0 Å². The third kappa shape index (κ3) is 2.80. The number of nitrogens with zero attached hydrogens (tertiary/aromatic N) is 2. The SMILES string of the molecule is Cc1nc(C)c(C(C)NC(=O)C(C)C#N)s1. The van der Waals surface area contributed by atoms with Gasteiger partial charge in [0.1, 0.15) is 5.92 Å². The van der Waals surface area contributed by atoms with Crippen molar-refractivity contribution in [1.29, 1.82) is 5.26 Å². The Bertz CT molecular complexity index is 433. The summed E-state index contributed by atoms with van der Waals surface area (Å²) < 4.78 is 0. The number of carbonyl (C=O) groups is 1. The highest BCUT2D eigenvalue weighted by atomic mass is 32.1. The van der Waals surface area contributed by atoms with Gasteiger partial charge >= 0.3 is 0 Å². The summed E-state index contributed by atoms with van der Waals surface area (Å²) in [5.74, 6) is -0.850. The monoisotopic (exact) mass is 237 g/mol. The first-order valence-corrected chi connectivity index (χ1v) is 5.91. The van der Waals surface area contributed by atoms with E-state index in [2.05, 4.69) is 10.3 Å². The quantitative estimate of drug-likeness (QED) is 0.875. The second-order valence-electron chi connectivity index (χ2n) is 3.76. The van der Waals surface area contributed by atoms with Crippen LogP contribution in [0.25, 0.3) is 0 Å². The van der Waals surface area contributed by atoms with Crippen molar-refractivity contribution in [2.45, 2.75) is 33.7 Å². The molecular formula is C11H15N3OS. The number of rotatable bonds is 3. The maximum Gasteiger partial charge on any atom is 0.237 e. The topological polar surface area (TPSA) is 65.8 Å². The molecule has 0 aliphatic carbocycles. The van der Waals surface area contributed by atoms with E-state index in [1.807, 2.05) is 26.8 Å². The Morgan fingerprint density at radius 1 is 1.50 bits per heavy atom. The molecule has 1 N–H and O–H groups in total. The van der Waals surface area contributed by atoms with Gasteiger partial charge in [0.25, 0.3) is 0 Å². The van der Waals surface area contributed by atoms with Gasteiger partial charge in [0.15, 0.2) is 0 Å². The summed E-state index contributed by atoms with van der Waals surface area (Å²) in [4.78, 5) is 16.9. The highest BCUT2D eigenvalue weighted by Crippen LogP contribution is 2.24. The molecule has 5 heteroatoms. The van der Waals surface area contributed by atoms with Gasteiger partial charge in [-0.3, -0.25) is 4.79 Å². The smallest absolute Gasteiger partial charge is 0.237 e. The fraction of sp³-hybridized carbons (Fsp3) is 0.545. The first-order chi connectivity index (χ1) is 7.45. The van der Waals surface area contributed by atoms with E-state index in [0.717, 1.165) is 15.6 Å². The van der Waals surface area contributed by atoms with Crippen molar-refractivity contribution in [3.8, 4) is 6.07 Å².